The molecule has 2 nitrogen and oxygen atoms in total. The van der Waals surface area contributed by atoms with Crippen molar-refractivity contribution in [2.24, 2.45) is 0 Å². The molecule has 0 radical (unpaired) electrons. The third-order valence-corrected chi connectivity index (χ3v) is 2.84. The SMILES string of the molecule is CC(C)(O)c1ccc2sncc2c1. The van der Waals surface area contributed by atoms with Crippen LogP contribution in [0.25, 0.3) is 10.1 Å². The zero-order chi connectivity index (χ0) is 9.47. The maximum absolute atomic E-state index is 9.77. The van der Waals surface area contributed by atoms with Gasteiger partial charge in [-0.25, -0.2) is 0 Å². The topological polar surface area (TPSA) is 33.1 Å². The summed E-state index contributed by atoms with van der Waals surface area (Å²) < 4.78 is 5.24. The number of aromatic nitrogens is 1. The van der Waals surface area contributed by atoms with Gasteiger partial charge in [0.25, 0.3) is 0 Å². The van der Waals surface area contributed by atoms with E-state index in [2.05, 4.69) is 4.37 Å². The average molecular weight is 193 g/mol. The molecular weight excluding hydrogens is 182 g/mol. The summed E-state index contributed by atoms with van der Waals surface area (Å²) in [4.78, 5) is 0. The number of aliphatic hydroxyl groups is 1. The van der Waals surface area contributed by atoms with E-state index in [0.29, 0.717) is 0 Å². The van der Waals surface area contributed by atoms with Crippen molar-refractivity contribution in [3.8, 4) is 0 Å². The summed E-state index contributed by atoms with van der Waals surface area (Å²) in [7, 11) is 0. The van der Waals surface area contributed by atoms with E-state index < -0.39 is 5.60 Å². The first kappa shape index (κ1) is 8.66. The molecule has 0 spiro atoms. The first-order valence-corrected chi connectivity index (χ1v) is 4.92. The van der Waals surface area contributed by atoms with Crippen molar-refractivity contribution in [1.82, 2.24) is 4.37 Å². The number of nitrogens with zero attached hydrogens (tertiary/aromatic N) is 1. The molecule has 0 bridgehead atoms. The van der Waals surface area contributed by atoms with Gasteiger partial charge in [-0.1, -0.05) is 6.07 Å². The standard InChI is InChI=1S/C10H11NOS/c1-10(2,12)8-3-4-9-7(5-8)6-11-13-9/h3-6,12H,1-2H3. The number of rotatable bonds is 1. The minimum absolute atomic E-state index is 0.768. The second-order valence-electron chi connectivity index (χ2n) is 3.64. The van der Waals surface area contributed by atoms with Gasteiger partial charge in [-0.2, -0.15) is 4.37 Å². The summed E-state index contributed by atoms with van der Waals surface area (Å²) in [6.07, 6.45) is 1.83. The van der Waals surface area contributed by atoms with Crippen LogP contribution in [-0.2, 0) is 5.60 Å². The molecule has 2 rings (SSSR count). The summed E-state index contributed by atoms with van der Waals surface area (Å²) in [5.74, 6) is 0. The molecule has 0 fully saturated rings. The lowest BCUT2D eigenvalue weighted by molar-refractivity contribution is 0.0787. The highest BCUT2D eigenvalue weighted by atomic mass is 32.1. The van der Waals surface area contributed by atoms with Gasteiger partial charge in [0.2, 0.25) is 0 Å². The van der Waals surface area contributed by atoms with Gasteiger partial charge in [-0.3, -0.25) is 0 Å². The van der Waals surface area contributed by atoms with Gasteiger partial charge < -0.3 is 5.11 Å². The van der Waals surface area contributed by atoms with E-state index >= 15 is 0 Å². The predicted molar refractivity (Wildman–Crippen MR) is 54.9 cm³/mol. The predicted octanol–water partition coefficient (Wildman–Crippen LogP) is 2.52. The fourth-order valence-corrected chi connectivity index (χ4v) is 1.88. The first-order valence-electron chi connectivity index (χ1n) is 4.15. The fraction of sp³-hybridized carbons (Fsp3) is 0.300. The Morgan fingerprint density at radius 1 is 1.38 bits per heavy atom. The van der Waals surface area contributed by atoms with Crippen LogP contribution in [0.3, 0.4) is 0 Å². The minimum atomic E-state index is -0.768. The smallest absolute Gasteiger partial charge is 0.0840 e. The fourth-order valence-electron chi connectivity index (χ4n) is 1.25. The first-order chi connectivity index (χ1) is 6.07. The van der Waals surface area contributed by atoms with Crippen molar-refractivity contribution in [1.29, 1.82) is 0 Å². The Hall–Kier alpha value is -0.930. The third kappa shape index (κ3) is 1.57. The van der Waals surface area contributed by atoms with Crippen LogP contribution in [-0.4, -0.2) is 9.48 Å². The van der Waals surface area contributed by atoms with Crippen molar-refractivity contribution >= 4 is 21.6 Å². The molecule has 0 aliphatic rings. The number of hydrogen-bond acceptors (Lipinski definition) is 3. The van der Waals surface area contributed by atoms with Crippen molar-refractivity contribution in [3.05, 3.63) is 30.0 Å². The van der Waals surface area contributed by atoms with Gasteiger partial charge in [-0.05, 0) is 43.1 Å². The molecule has 13 heavy (non-hydrogen) atoms. The third-order valence-electron chi connectivity index (χ3n) is 2.06. The molecule has 0 atom stereocenters. The van der Waals surface area contributed by atoms with Gasteiger partial charge in [0.15, 0.2) is 0 Å². The Labute approximate surface area is 81.0 Å². The molecular formula is C10H11NOS. The molecule has 0 amide bonds. The maximum atomic E-state index is 9.77. The summed E-state index contributed by atoms with van der Waals surface area (Å²) in [6.45, 7) is 3.57. The van der Waals surface area contributed by atoms with Crippen molar-refractivity contribution in [3.63, 3.8) is 0 Å². The molecule has 2 aromatic rings. The van der Waals surface area contributed by atoms with Crippen molar-refractivity contribution in [2.75, 3.05) is 0 Å². The molecule has 1 aromatic heterocycles. The van der Waals surface area contributed by atoms with Gasteiger partial charge in [0, 0.05) is 11.6 Å². The normalized spacial score (nSPS) is 12.2. The largest absolute Gasteiger partial charge is 0.386 e. The molecule has 1 heterocycles. The van der Waals surface area contributed by atoms with E-state index in [1.165, 1.54) is 11.5 Å². The summed E-state index contributed by atoms with van der Waals surface area (Å²) >= 11 is 1.48. The summed E-state index contributed by atoms with van der Waals surface area (Å²) in [5, 5.41) is 10.9. The second-order valence-corrected chi connectivity index (χ2v) is 4.47. The van der Waals surface area contributed by atoms with E-state index in [4.69, 9.17) is 0 Å². The highest BCUT2D eigenvalue weighted by molar-refractivity contribution is 7.13. The minimum Gasteiger partial charge on any atom is -0.386 e. The number of benzene rings is 1. The Morgan fingerprint density at radius 3 is 2.85 bits per heavy atom. The molecule has 0 unspecified atom stereocenters. The van der Waals surface area contributed by atoms with Crippen molar-refractivity contribution < 1.29 is 5.11 Å². The number of hydrogen-bond donors (Lipinski definition) is 1. The van der Waals surface area contributed by atoms with Gasteiger partial charge in [0.05, 0.1) is 10.3 Å². The number of fused-ring (bicyclic) bond motifs is 1. The molecule has 0 aliphatic carbocycles. The molecule has 1 aromatic carbocycles. The summed E-state index contributed by atoms with van der Waals surface area (Å²) in [6, 6.07) is 5.93. The Bertz CT molecular complexity index is 428. The molecule has 3 heteroatoms. The van der Waals surface area contributed by atoms with Gasteiger partial charge >= 0.3 is 0 Å². The van der Waals surface area contributed by atoms with Crippen LogP contribution in [0.2, 0.25) is 0 Å². The Morgan fingerprint density at radius 2 is 2.15 bits per heavy atom. The van der Waals surface area contributed by atoms with Crippen LogP contribution >= 0.6 is 11.5 Å². The monoisotopic (exact) mass is 193 g/mol. The molecule has 0 saturated carbocycles. The van der Waals surface area contributed by atoms with Crippen molar-refractivity contribution in [2.45, 2.75) is 19.4 Å². The van der Waals surface area contributed by atoms with Crippen LogP contribution in [0.1, 0.15) is 19.4 Å². The van der Waals surface area contributed by atoms with Crippen LogP contribution in [0, 0.1) is 0 Å². The maximum Gasteiger partial charge on any atom is 0.0840 e. The van der Waals surface area contributed by atoms with E-state index in [1.54, 1.807) is 13.8 Å². The van der Waals surface area contributed by atoms with Crippen LogP contribution in [0.5, 0.6) is 0 Å². The molecule has 68 valence electrons. The Kier molecular flexibility index (Phi) is 1.86. The lowest BCUT2D eigenvalue weighted by Gasteiger charge is -2.17. The van der Waals surface area contributed by atoms with E-state index in [1.807, 2.05) is 24.4 Å². The van der Waals surface area contributed by atoms with Crippen LogP contribution in [0.4, 0.5) is 0 Å². The van der Waals surface area contributed by atoms with Crippen LogP contribution in [0.15, 0.2) is 24.4 Å². The Balaban J connectivity index is 2.61. The van der Waals surface area contributed by atoms with E-state index in [0.717, 1.165) is 15.6 Å². The zero-order valence-corrected chi connectivity index (χ0v) is 8.43. The molecule has 0 aliphatic heterocycles. The molecule has 1 N–H and O–H groups in total. The van der Waals surface area contributed by atoms with Gasteiger partial charge in [0.1, 0.15) is 0 Å². The summed E-state index contributed by atoms with van der Waals surface area (Å²) in [5.41, 5.74) is 0.163. The molecule has 0 saturated heterocycles. The lowest BCUT2D eigenvalue weighted by atomic mass is 9.98. The average Bonchev–Trinajstić information content (AvgIpc) is 2.47. The zero-order valence-electron chi connectivity index (χ0n) is 7.61. The van der Waals surface area contributed by atoms with Crippen LogP contribution < -0.4 is 0 Å². The highest BCUT2D eigenvalue weighted by Gasteiger charge is 2.15. The lowest BCUT2D eigenvalue weighted by Crippen LogP contribution is -2.14. The quantitative estimate of drug-likeness (QED) is 0.755. The van der Waals surface area contributed by atoms with E-state index in [9.17, 15) is 5.11 Å². The highest BCUT2D eigenvalue weighted by Crippen LogP contribution is 2.25. The van der Waals surface area contributed by atoms with Gasteiger partial charge in [-0.15, -0.1) is 0 Å². The second kappa shape index (κ2) is 2.79. The van der Waals surface area contributed by atoms with E-state index in [-0.39, 0.29) is 0 Å².